The highest BCUT2D eigenvalue weighted by Gasteiger charge is 2.12. The predicted octanol–water partition coefficient (Wildman–Crippen LogP) is 2.72. The van der Waals surface area contributed by atoms with E-state index in [0.717, 1.165) is 30.9 Å². The minimum atomic E-state index is -0.144. The molecule has 1 aromatic carbocycles. The van der Waals surface area contributed by atoms with Crippen LogP contribution in [0.5, 0.6) is 0 Å². The normalized spacial score (nSPS) is 13.8. The molecule has 0 atom stereocenters. The van der Waals surface area contributed by atoms with Gasteiger partial charge in [0, 0.05) is 32.4 Å². The number of nitrogens with zero attached hydrogens (tertiary/aromatic N) is 2. The third kappa shape index (κ3) is 4.72. The number of amides is 2. The van der Waals surface area contributed by atoms with Gasteiger partial charge in [-0.2, -0.15) is 0 Å². The summed E-state index contributed by atoms with van der Waals surface area (Å²) in [5.74, 6) is 1.03. The van der Waals surface area contributed by atoms with Crippen LogP contribution in [0, 0.1) is 0 Å². The maximum absolute atomic E-state index is 11.8. The van der Waals surface area contributed by atoms with E-state index in [1.807, 2.05) is 36.5 Å². The van der Waals surface area contributed by atoms with Gasteiger partial charge in [0.1, 0.15) is 5.82 Å². The van der Waals surface area contributed by atoms with Crippen molar-refractivity contribution in [1.82, 2.24) is 15.6 Å². The van der Waals surface area contributed by atoms with Crippen LogP contribution in [0.15, 0.2) is 48.7 Å². The Kier molecular flexibility index (Phi) is 5.66. The molecule has 3 rings (SSSR count). The number of rotatable bonds is 6. The lowest BCUT2D eigenvalue weighted by molar-refractivity contribution is 0.240. The van der Waals surface area contributed by atoms with E-state index in [4.69, 9.17) is 0 Å². The van der Waals surface area contributed by atoms with Crippen molar-refractivity contribution < 1.29 is 4.79 Å². The van der Waals surface area contributed by atoms with Gasteiger partial charge in [-0.1, -0.05) is 36.4 Å². The highest BCUT2D eigenvalue weighted by Crippen LogP contribution is 2.17. The maximum Gasteiger partial charge on any atom is 0.315 e. The number of carbonyl (C=O) groups excluding carboxylic acids is 1. The van der Waals surface area contributed by atoms with Gasteiger partial charge in [-0.15, -0.1) is 0 Å². The summed E-state index contributed by atoms with van der Waals surface area (Å²) in [6.07, 6.45) is 5.17. The molecule has 0 radical (unpaired) electrons. The fourth-order valence-electron chi connectivity index (χ4n) is 2.86. The highest BCUT2D eigenvalue weighted by atomic mass is 16.2. The van der Waals surface area contributed by atoms with Gasteiger partial charge in [0.25, 0.3) is 0 Å². The van der Waals surface area contributed by atoms with Crippen LogP contribution in [0.1, 0.15) is 24.0 Å². The molecule has 2 amide bonds. The molecule has 0 unspecified atom stereocenters. The molecule has 0 spiro atoms. The largest absolute Gasteiger partial charge is 0.357 e. The van der Waals surface area contributed by atoms with Crippen molar-refractivity contribution in [3.05, 3.63) is 59.8 Å². The van der Waals surface area contributed by atoms with Gasteiger partial charge >= 0.3 is 6.03 Å². The van der Waals surface area contributed by atoms with Crippen molar-refractivity contribution in [2.75, 3.05) is 24.5 Å². The molecule has 2 N–H and O–H groups in total. The van der Waals surface area contributed by atoms with Crippen molar-refractivity contribution in [1.29, 1.82) is 0 Å². The fraction of sp³-hybridized carbons (Fsp3) is 0.368. The molecule has 2 aromatic rings. The molecule has 0 bridgehead atoms. The van der Waals surface area contributed by atoms with E-state index in [1.54, 1.807) is 0 Å². The molecule has 126 valence electrons. The minimum Gasteiger partial charge on any atom is -0.357 e. The lowest BCUT2D eigenvalue weighted by atomic mass is 10.1. The maximum atomic E-state index is 11.8. The summed E-state index contributed by atoms with van der Waals surface area (Å²) in [6.45, 7) is 3.30. The first kappa shape index (κ1) is 16.3. The molecule has 1 aliphatic heterocycles. The Morgan fingerprint density at radius 1 is 1.00 bits per heavy atom. The number of pyridine rings is 1. The smallest absolute Gasteiger partial charge is 0.315 e. The standard InChI is InChI=1S/C19H24N4O/c24-19(20-11-10-16-6-2-1-3-7-16)22-15-17-8-9-18(21-14-17)23-12-4-5-13-23/h1-3,6-9,14H,4-5,10-13,15H2,(H2,20,22,24). The summed E-state index contributed by atoms with van der Waals surface area (Å²) < 4.78 is 0. The molecular weight excluding hydrogens is 300 g/mol. The van der Waals surface area contributed by atoms with Crippen LogP contribution in [0.25, 0.3) is 0 Å². The van der Waals surface area contributed by atoms with Gasteiger partial charge < -0.3 is 15.5 Å². The van der Waals surface area contributed by atoms with Crippen molar-refractivity contribution in [2.24, 2.45) is 0 Å². The molecule has 2 heterocycles. The van der Waals surface area contributed by atoms with Crippen molar-refractivity contribution in [2.45, 2.75) is 25.8 Å². The Morgan fingerprint density at radius 3 is 2.50 bits per heavy atom. The number of hydrogen-bond donors (Lipinski definition) is 2. The van der Waals surface area contributed by atoms with Gasteiger partial charge in [0.15, 0.2) is 0 Å². The molecule has 24 heavy (non-hydrogen) atoms. The molecule has 0 saturated carbocycles. The van der Waals surface area contributed by atoms with Gasteiger partial charge in [-0.25, -0.2) is 9.78 Å². The minimum absolute atomic E-state index is 0.144. The van der Waals surface area contributed by atoms with Gasteiger partial charge in [-0.05, 0) is 36.5 Å². The second-order valence-corrected chi connectivity index (χ2v) is 6.06. The zero-order valence-electron chi connectivity index (χ0n) is 13.9. The number of nitrogens with one attached hydrogen (secondary N) is 2. The van der Waals surface area contributed by atoms with Crippen LogP contribution in [-0.2, 0) is 13.0 Å². The Bertz CT molecular complexity index is 636. The number of aromatic nitrogens is 1. The molecule has 1 aromatic heterocycles. The lowest BCUT2D eigenvalue weighted by Gasteiger charge is -2.16. The average Bonchev–Trinajstić information content (AvgIpc) is 3.16. The number of anilines is 1. The van der Waals surface area contributed by atoms with Crippen LogP contribution in [0.4, 0.5) is 10.6 Å². The van der Waals surface area contributed by atoms with Crippen LogP contribution in [0.3, 0.4) is 0 Å². The number of urea groups is 1. The van der Waals surface area contributed by atoms with E-state index in [-0.39, 0.29) is 6.03 Å². The summed E-state index contributed by atoms with van der Waals surface area (Å²) in [6, 6.07) is 14.1. The summed E-state index contributed by atoms with van der Waals surface area (Å²) in [7, 11) is 0. The third-order valence-electron chi connectivity index (χ3n) is 4.23. The van der Waals surface area contributed by atoms with Gasteiger partial charge in [-0.3, -0.25) is 0 Å². The van der Waals surface area contributed by atoms with Crippen LogP contribution in [-0.4, -0.2) is 30.6 Å². The first-order valence-corrected chi connectivity index (χ1v) is 8.57. The average molecular weight is 324 g/mol. The van der Waals surface area contributed by atoms with E-state index in [2.05, 4.69) is 32.7 Å². The number of hydrogen-bond acceptors (Lipinski definition) is 3. The summed E-state index contributed by atoms with van der Waals surface area (Å²) in [5.41, 5.74) is 2.23. The summed E-state index contributed by atoms with van der Waals surface area (Å²) in [5, 5.41) is 5.75. The lowest BCUT2D eigenvalue weighted by Crippen LogP contribution is -2.36. The van der Waals surface area contributed by atoms with Crippen LogP contribution < -0.4 is 15.5 Å². The Balaban J connectivity index is 1.38. The third-order valence-corrected chi connectivity index (χ3v) is 4.23. The first-order valence-electron chi connectivity index (χ1n) is 8.57. The second kappa shape index (κ2) is 8.34. The Hall–Kier alpha value is -2.56. The summed E-state index contributed by atoms with van der Waals surface area (Å²) >= 11 is 0. The van der Waals surface area contributed by atoms with E-state index < -0.39 is 0 Å². The zero-order chi connectivity index (χ0) is 16.6. The molecule has 5 heteroatoms. The topological polar surface area (TPSA) is 57.3 Å². The quantitative estimate of drug-likeness (QED) is 0.859. The van der Waals surface area contributed by atoms with Gasteiger partial charge in [0.2, 0.25) is 0 Å². The molecule has 1 saturated heterocycles. The Labute approximate surface area is 143 Å². The van der Waals surface area contributed by atoms with Crippen LogP contribution in [0.2, 0.25) is 0 Å². The number of benzene rings is 1. The fourth-order valence-corrected chi connectivity index (χ4v) is 2.86. The monoisotopic (exact) mass is 324 g/mol. The van der Waals surface area contributed by atoms with E-state index in [1.165, 1.54) is 18.4 Å². The first-order chi connectivity index (χ1) is 11.8. The predicted molar refractivity (Wildman–Crippen MR) is 96.1 cm³/mol. The second-order valence-electron chi connectivity index (χ2n) is 6.06. The van der Waals surface area contributed by atoms with E-state index in [9.17, 15) is 4.79 Å². The molecule has 1 aliphatic rings. The van der Waals surface area contributed by atoms with Crippen molar-refractivity contribution in [3.8, 4) is 0 Å². The Morgan fingerprint density at radius 2 is 1.79 bits per heavy atom. The van der Waals surface area contributed by atoms with Gasteiger partial charge in [0.05, 0.1) is 0 Å². The highest BCUT2D eigenvalue weighted by molar-refractivity contribution is 5.73. The van der Waals surface area contributed by atoms with E-state index >= 15 is 0 Å². The van der Waals surface area contributed by atoms with Crippen LogP contribution >= 0.6 is 0 Å². The molecule has 5 nitrogen and oxygen atoms in total. The SMILES string of the molecule is O=C(NCCc1ccccc1)NCc1ccc(N2CCCC2)nc1. The number of carbonyl (C=O) groups is 1. The molecule has 0 aliphatic carbocycles. The summed E-state index contributed by atoms with van der Waals surface area (Å²) in [4.78, 5) is 18.6. The molecule has 1 fully saturated rings. The van der Waals surface area contributed by atoms with E-state index in [0.29, 0.717) is 13.1 Å². The van der Waals surface area contributed by atoms with Crippen molar-refractivity contribution in [3.63, 3.8) is 0 Å². The van der Waals surface area contributed by atoms with Crippen molar-refractivity contribution >= 4 is 11.8 Å². The molecular formula is C19H24N4O. The zero-order valence-corrected chi connectivity index (χ0v) is 13.9.